The van der Waals surface area contributed by atoms with Crippen molar-refractivity contribution < 1.29 is 4.79 Å². The molecule has 0 spiro atoms. The molecule has 0 radical (unpaired) electrons. The Morgan fingerprint density at radius 3 is 2.70 bits per heavy atom. The van der Waals surface area contributed by atoms with E-state index in [-0.39, 0.29) is 12.1 Å². The second-order valence-electron chi connectivity index (χ2n) is 6.54. The zero-order valence-electron chi connectivity index (χ0n) is 15.0. The van der Waals surface area contributed by atoms with E-state index in [0.29, 0.717) is 46.5 Å². The van der Waals surface area contributed by atoms with Crippen molar-refractivity contribution in [3.63, 3.8) is 0 Å². The molecule has 27 heavy (non-hydrogen) atoms. The molecule has 2 heterocycles. The third kappa shape index (κ3) is 4.57. The molecule has 0 aliphatic carbocycles. The molecule has 144 valence electrons. The lowest BCUT2D eigenvalue weighted by molar-refractivity contribution is -0.118. The van der Waals surface area contributed by atoms with Crippen molar-refractivity contribution in [3.05, 3.63) is 45.0 Å². The van der Waals surface area contributed by atoms with E-state index < -0.39 is 0 Å². The van der Waals surface area contributed by atoms with Crippen molar-refractivity contribution >= 4 is 53.0 Å². The van der Waals surface area contributed by atoms with Crippen LogP contribution in [0.2, 0.25) is 15.1 Å². The van der Waals surface area contributed by atoms with E-state index in [1.54, 1.807) is 23.2 Å². The van der Waals surface area contributed by atoms with Crippen LogP contribution in [0.3, 0.4) is 0 Å². The lowest BCUT2D eigenvalue weighted by Gasteiger charge is -2.38. The highest BCUT2D eigenvalue weighted by Gasteiger charge is 2.25. The lowest BCUT2D eigenvalue weighted by atomic mass is 10.1. The van der Waals surface area contributed by atoms with Gasteiger partial charge in [-0.3, -0.25) is 4.79 Å². The molecule has 1 amide bonds. The molecule has 1 aliphatic heterocycles. The largest absolute Gasteiger partial charge is 0.362 e. The summed E-state index contributed by atoms with van der Waals surface area (Å²) >= 11 is 18.6. The van der Waals surface area contributed by atoms with Gasteiger partial charge in [-0.2, -0.15) is 4.98 Å². The lowest BCUT2D eigenvalue weighted by Crippen LogP contribution is -2.52. The van der Waals surface area contributed by atoms with Crippen molar-refractivity contribution in [1.82, 2.24) is 14.9 Å². The van der Waals surface area contributed by atoms with Crippen molar-refractivity contribution in [2.45, 2.75) is 25.9 Å². The zero-order chi connectivity index (χ0) is 19.6. The number of halogens is 3. The van der Waals surface area contributed by atoms with Crippen molar-refractivity contribution in [2.75, 3.05) is 29.9 Å². The number of benzene rings is 1. The average molecular weight is 429 g/mol. The quantitative estimate of drug-likeness (QED) is 0.720. The number of aromatic nitrogens is 2. The molecule has 2 unspecified atom stereocenters. The molecule has 1 aromatic heterocycles. The molecule has 2 aromatic rings. The number of amides is 1. The molecule has 2 atom stereocenters. The first kappa shape index (κ1) is 20.0. The topological polar surface area (TPSA) is 61.4 Å². The minimum atomic E-state index is -0.126. The fourth-order valence-corrected chi connectivity index (χ4v) is 3.83. The minimum absolute atomic E-state index is 0.112. The Hall–Kier alpha value is -1.76. The maximum Gasteiger partial charge on any atom is 0.227 e. The first-order chi connectivity index (χ1) is 12.9. The number of nitrogens with zero attached hydrogens (tertiary/aromatic N) is 4. The van der Waals surface area contributed by atoms with Crippen LogP contribution in [0.5, 0.6) is 0 Å². The second kappa shape index (κ2) is 8.50. The van der Waals surface area contributed by atoms with Gasteiger partial charge in [0.25, 0.3) is 0 Å². The van der Waals surface area contributed by atoms with Gasteiger partial charge < -0.3 is 15.1 Å². The molecular weight excluding hydrogens is 409 g/mol. The number of anilines is 2. The maximum absolute atomic E-state index is 11.0. The van der Waals surface area contributed by atoms with E-state index in [9.17, 15) is 4.79 Å². The molecule has 0 saturated carbocycles. The van der Waals surface area contributed by atoms with Crippen LogP contribution in [-0.4, -0.2) is 47.0 Å². The highest BCUT2D eigenvalue weighted by molar-refractivity contribution is 6.35. The molecular formula is C18H20Cl3N5O. The normalized spacial score (nSPS) is 18.3. The summed E-state index contributed by atoms with van der Waals surface area (Å²) in [5, 5.41) is 4.88. The Kier molecular flexibility index (Phi) is 6.29. The van der Waals surface area contributed by atoms with Gasteiger partial charge in [-0.05, 0) is 31.5 Å². The van der Waals surface area contributed by atoms with Crippen LogP contribution in [0.1, 0.15) is 25.5 Å². The standard InChI is InChI=1S/C18H20Cl3N5O/c1-11-9-25(10-27)5-6-26(11)18-22-8-16(21)17(24-18)23-12(2)14-4-3-13(19)7-15(14)20/h3-4,7-8,10-12H,5-6,9H2,1-2H3,(H,22,23,24). The van der Waals surface area contributed by atoms with Crippen LogP contribution in [0.25, 0.3) is 0 Å². The third-order valence-corrected chi connectivity index (χ3v) is 5.42. The number of hydrogen-bond acceptors (Lipinski definition) is 5. The van der Waals surface area contributed by atoms with Crippen molar-refractivity contribution in [2.24, 2.45) is 0 Å². The highest BCUT2D eigenvalue weighted by atomic mass is 35.5. The van der Waals surface area contributed by atoms with Gasteiger partial charge >= 0.3 is 0 Å². The molecule has 0 bridgehead atoms. The minimum Gasteiger partial charge on any atom is -0.362 e. The summed E-state index contributed by atoms with van der Waals surface area (Å²) in [7, 11) is 0. The molecule has 1 N–H and O–H groups in total. The van der Waals surface area contributed by atoms with Crippen molar-refractivity contribution in [3.8, 4) is 0 Å². The number of carbonyl (C=O) groups excluding carboxylic acids is 1. The summed E-state index contributed by atoms with van der Waals surface area (Å²) in [4.78, 5) is 23.8. The van der Waals surface area contributed by atoms with Crippen LogP contribution in [0.15, 0.2) is 24.4 Å². The van der Waals surface area contributed by atoms with Crippen LogP contribution in [0.4, 0.5) is 11.8 Å². The van der Waals surface area contributed by atoms with E-state index in [0.717, 1.165) is 12.0 Å². The molecule has 1 aromatic carbocycles. The molecule has 3 rings (SSSR count). The summed E-state index contributed by atoms with van der Waals surface area (Å²) in [6.45, 7) is 5.95. The summed E-state index contributed by atoms with van der Waals surface area (Å²) < 4.78 is 0. The number of hydrogen-bond donors (Lipinski definition) is 1. The fourth-order valence-electron chi connectivity index (χ4n) is 3.11. The molecule has 1 aliphatic rings. The summed E-state index contributed by atoms with van der Waals surface area (Å²) in [5.41, 5.74) is 0.894. The third-order valence-electron chi connectivity index (χ3n) is 4.58. The number of piperazine rings is 1. The van der Waals surface area contributed by atoms with E-state index in [1.165, 1.54) is 0 Å². The van der Waals surface area contributed by atoms with Gasteiger partial charge in [-0.1, -0.05) is 40.9 Å². The van der Waals surface area contributed by atoms with Gasteiger partial charge in [-0.25, -0.2) is 4.98 Å². The number of rotatable bonds is 5. The predicted octanol–water partition coefficient (Wildman–Crippen LogP) is 4.28. The maximum atomic E-state index is 11.0. The van der Waals surface area contributed by atoms with Gasteiger partial charge in [0.15, 0.2) is 5.82 Å². The van der Waals surface area contributed by atoms with Gasteiger partial charge in [0, 0.05) is 35.7 Å². The first-order valence-electron chi connectivity index (χ1n) is 8.59. The van der Waals surface area contributed by atoms with E-state index >= 15 is 0 Å². The SMILES string of the molecule is CC(Nc1nc(N2CCN(C=O)CC2C)ncc1Cl)c1ccc(Cl)cc1Cl. The van der Waals surface area contributed by atoms with Crippen molar-refractivity contribution in [1.29, 1.82) is 0 Å². The molecule has 1 saturated heterocycles. The second-order valence-corrected chi connectivity index (χ2v) is 7.79. The number of nitrogens with one attached hydrogen (secondary N) is 1. The molecule has 1 fully saturated rings. The van der Waals surface area contributed by atoms with Gasteiger partial charge in [-0.15, -0.1) is 0 Å². The van der Waals surface area contributed by atoms with E-state index in [1.807, 2.05) is 19.9 Å². The van der Waals surface area contributed by atoms with Crippen LogP contribution in [0, 0.1) is 0 Å². The predicted molar refractivity (Wildman–Crippen MR) is 110 cm³/mol. The Bertz CT molecular complexity index is 835. The fraction of sp³-hybridized carbons (Fsp3) is 0.389. The first-order valence-corrected chi connectivity index (χ1v) is 9.72. The summed E-state index contributed by atoms with van der Waals surface area (Å²) in [6, 6.07) is 5.36. The Morgan fingerprint density at radius 1 is 1.26 bits per heavy atom. The number of carbonyl (C=O) groups is 1. The average Bonchev–Trinajstić information content (AvgIpc) is 2.63. The molecule has 9 heteroatoms. The van der Waals surface area contributed by atoms with Crippen LogP contribution < -0.4 is 10.2 Å². The van der Waals surface area contributed by atoms with Crippen LogP contribution in [-0.2, 0) is 4.79 Å². The smallest absolute Gasteiger partial charge is 0.227 e. The van der Waals surface area contributed by atoms with Gasteiger partial charge in [0.1, 0.15) is 5.02 Å². The Balaban J connectivity index is 1.80. The Morgan fingerprint density at radius 2 is 2.04 bits per heavy atom. The highest BCUT2D eigenvalue weighted by Crippen LogP contribution is 2.31. The summed E-state index contributed by atoms with van der Waals surface area (Å²) in [6.07, 6.45) is 2.46. The monoisotopic (exact) mass is 427 g/mol. The van der Waals surface area contributed by atoms with E-state index in [2.05, 4.69) is 20.2 Å². The van der Waals surface area contributed by atoms with Gasteiger partial charge in [0.2, 0.25) is 12.4 Å². The van der Waals surface area contributed by atoms with Crippen LogP contribution >= 0.6 is 34.8 Å². The van der Waals surface area contributed by atoms with Gasteiger partial charge in [0.05, 0.1) is 12.2 Å². The zero-order valence-corrected chi connectivity index (χ0v) is 17.3. The van der Waals surface area contributed by atoms with E-state index in [4.69, 9.17) is 34.8 Å². The summed E-state index contributed by atoms with van der Waals surface area (Å²) in [5.74, 6) is 1.11. The Labute approximate surface area is 173 Å². The molecule has 6 nitrogen and oxygen atoms in total.